The summed E-state index contributed by atoms with van der Waals surface area (Å²) in [6.45, 7) is 7.03. The molecule has 0 unspecified atom stereocenters. The van der Waals surface area contributed by atoms with Gasteiger partial charge < -0.3 is 14.7 Å². The van der Waals surface area contributed by atoms with Gasteiger partial charge in [0.15, 0.2) is 0 Å². The van der Waals surface area contributed by atoms with Crippen molar-refractivity contribution in [1.82, 2.24) is 19.6 Å². The Labute approximate surface area is 170 Å². The monoisotopic (exact) mass is 406 g/mol. The highest BCUT2D eigenvalue weighted by Crippen LogP contribution is 2.14. The third-order valence-electron chi connectivity index (χ3n) is 5.38. The Bertz CT molecular complexity index is 734. The van der Waals surface area contributed by atoms with E-state index in [4.69, 9.17) is 11.6 Å². The molecule has 8 heteroatoms. The molecule has 2 aliphatic rings. The van der Waals surface area contributed by atoms with E-state index in [9.17, 15) is 14.4 Å². The molecule has 2 fully saturated rings. The molecule has 152 valence electrons. The van der Waals surface area contributed by atoms with Gasteiger partial charge in [-0.15, -0.1) is 0 Å². The lowest BCUT2D eigenvalue weighted by molar-refractivity contribution is -0.139. The van der Waals surface area contributed by atoms with Crippen LogP contribution in [0.2, 0.25) is 5.02 Å². The van der Waals surface area contributed by atoms with Gasteiger partial charge >= 0.3 is 0 Å². The Kier molecular flexibility index (Phi) is 6.91. The van der Waals surface area contributed by atoms with E-state index in [1.807, 2.05) is 9.80 Å². The van der Waals surface area contributed by atoms with Crippen LogP contribution in [-0.4, -0.2) is 96.2 Å². The molecule has 28 heavy (non-hydrogen) atoms. The first kappa shape index (κ1) is 20.6. The lowest BCUT2D eigenvalue weighted by atomic mass is 10.2. The number of amides is 3. The summed E-state index contributed by atoms with van der Waals surface area (Å²) in [5.41, 5.74) is 0.598. The number of hydrogen-bond donors (Lipinski definition) is 0. The standard InChI is InChI=1S/C20H27ClN4O3/c1-16(26)23-10-12-24(13-11-23)19(27)15-22-6-3-7-25(9-8-22)20(28)17-4-2-5-18(21)14-17/h2,4-5,14H,3,6-13,15H2,1H3. The molecule has 0 aliphatic carbocycles. The average molecular weight is 407 g/mol. The maximum Gasteiger partial charge on any atom is 0.253 e. The topological polar surface area (TPSA) is 64.2 Å². The number of piperazine rings is 1. The zero-order valence-corrected chi connectivity index (χ0v) is 17.0. The Morgan fingerprint density at radius 3 is 2.25 bits per heavy atom. The van der Waals surface area contributed by atoms with Gasteiger partial charge in [-0.05, 0) is 24.6 Å². The summed E-state index contributed by atoms with van der Waals surface area (Å²) in [6, 6.07) is 7.01. The second-order valence-corrected chi connectivity index (χ2v) is 7.76. The molecule has 1 aromatic rings. The van der Waals surface area contributed by atoms with Crippen LogP contribution >= 0.6 is 11.6 Å². The molecule has 0 saturated carbocycles. The van der Waals surface area contributed by atoms with Gasteiger partial charge in [0.05, 0.1) is 6.54 Å². The van der Waals surface area contributed by atoms with E-state index in [0.29, 0.717) is 62.9 Å². The summed E-state index contributed by atoms with van der Waals surface area (Å²) in [6.07, 6.45) is 0.831. The second kappa shape index (κ2) is 9.39. The van der Waals surface area contributed by atoms with Gasteiger partial charge in [0.1, 0.15) is 0 Å². The van der Waals surface area contributed by atoms with Crippen molar-refractivity contribution in [2.24, 2.45) is 0 Å². The molecule has 7 nitrogen and oxygen atoms in total. The Morgan fingerprint density at radius 1 is 0.893 bits per heavy atom. The van der Waals surface area contributed by atoms with Crippen LogP contribution in [-0.2, 0) is 9.59 Å². The number of carbonyl (C=O) groups is 3. The molecule has 0 bridgehead atoms. The van der Waals surface area contributed by atoms with Crippen molar-refractivity contribution in [3.05, 3.63) is 34.9 Å². The molecule has 0 spiro atoms. The molecule has 2 heterocycles. The molecule has 0 aromatic heterocycles. The van der Waals surface area contributed by atoms with Crippen molar-refractivity contribution in [2.45, 2.75) is 13.3 Å². The van der Waals surface area contributed by atoms with E-state index in [-0.39, 0.29) is 17.7 Å². The quantitative estimate of drug-likeness (QED) is 0.756. The highest BCUT2D eigenvalue weighted by molar-refractivity contribution is 6.30. The summed E-state index contributed by atoms with van der Waals surface area (Å²) < 4.78 is 0. The van der Waals surface area contributed by atoms with Crippen molar-refractivity contribution >= 4 is 29.3 Å². The van der Waals surface area contributed by atoms with Crippen molar-refractivity contribution in [1.29, 1.82) is 0 Å². The van der Waals surface area contributed by atoms with Crippen LogP contribution < -0.4 is 0 Å². The zero-order chi connectivity index (χ0) is 20.1. The Morgan fingerprint density at radius 2 is 1.57 bits per heavy atom. The summed E-state index contributed by atoms with van der Waals surface area (Å²) in [5, 5.41) is 0.553. The molecular formula is C20H27ClN4O3. The van der Waals surface area contributed by atoms with E-state index in [0.717, 1.165) is 13.0 Å². The molecule has 2 saturated heterocycles. The summed E-state index contributed by atoms with van der Waals surface area (Å²) >= 11 is 6.00. The third kappa shape index (κ3) is 5.23. The minimum absolute atomic E-state index is 0.0176. The molecule has 2 aliphatic heterocycles. The largest absolute Gasteiger partial charge is 0.339 e. The van der Waals surface area contributed by atoms with Crippen LogP contribution in [0, 0.1) is 0 Å². The first-order chi connectivity index (χ1) is 13.4. The SMILES string of the molecule is CC(=O)N1CCN(C(=O)CN2CCCN(C(=O)c3cccc(Cl)c3)CC2)CC1. The second-order valence-electron chi connectivity index (χ2n) is 7.32. The molecule has 0 atom stereocenters. The first-order valence-corrected chi connectivity index (χ1v) is 10.1. The van der Waals surface area contributed by atoms with Crippen LogP contribution in [0.15, 0.2) is 24.3 Å². The number of halogens is 1. The maximum absolute atomic E-state index is 12.7. The maximum atomic E-state index is 12.7. The van der Waals surface area contributed by atoms with E-state index in [2.05, 4.69) is 4.90 Å². The lowest BCUT2D eigenvalue weighted by Gasteiger charge is -2.35. The highest BCUT2D eigenvalue weighted by Gasteiger charge is 2.26. The lowest BCUT2D eigenvalue weighted by Crippen LogP contribution is -2.52. The van der Waals surface area contributed by atoms with Crippen molar-refractivity contribution in [3.63, 3.8) is 0 Å². The van der Waals surface area contributed by atoms with Gasteiger partial charge in [-0.25, -0.2) is 0 Å². The van der Waals surface area contributed by atoms with Crippen LogP contribution in [0.4, 0.5) is 0 Å². The van der Waals surface area contributed by atoms with Crippen molar-refractivity contribution in [3.8, 4) is 0 Å². The molecule has 0 radical (unpaired) electrons. The summed E-state index contributed by atoms with van der Waals surface area (Å²) in [5.74, 6) is 0.137. The third-order valence-corrected chi connectivity index (χ3v) is 5.62. The Balaban J connectivity index is 1.49. The minimum Gasteiger partial charge on any atom is -0.339 e. The number of nitrogens with zero attached hydrogens (tertiary/aromatic N) is 4. The van der Waals surface area contributed by atoms with Gasteiger partial charge in [0.2, 0.25) is 11.8 Å². The molecule has 3 rings (SSSR count). The van der Waals surface area contributed by atoms with E-state index >= 15 is 0 Å². The van der Waals surface area contributed by atoms with Gasteiger partial charge in [0.25, 0.3) is 5.91 Å². The first-order valence-electron chi connectivity index (χ1n) is 9.74. The van der Waals surface area contributed by atoms with E-state index < -0.39 is 0 Å². The molecule has 0 N–H and O–H groups in total. The van der Waals surface area contributed by atoms with Crippen LogP contribution in [0.3, 0.4) is 0 Å². The fourth-order valence-corrected chi connectivity index (χ4v) is 3.89. The fourth-order valence-electron chi connectivity index (χ4n) is 3.70. The summed E-state index contributed by atoms with van der Waals surface area (Å²) in [7, 11) is 0. The average Bonchev–Trinajstić information content (AvgIpc) is 2.93. The normalized spacial score (nSPS) is 18.7. The van der Waals surface area contributed by atoms with Crippen molar-refractivity contribution < 1.29 is 14.4 Å². The van der Waals surface area contributed by atoms with Crippen molar-refractivity contribution in [2.75, 3.05) is 58.9 Å². The van der Waals surface area contributed by atoms with E-state index in [1.165, 1.54) is 0 Å². The number of rotatable bonds is 3. The predicted octanol–water partition coefficient (Wildman–Crippen LogP) is 1.18. The fraction of sp³-hybridized carbons (Fsp3) is 0.550. The number of carbonyl (C=O) groups excluding carboxylic acids is 3. The highest BCUT2D eigenvalue weighted by atomic mass is 35.5. The summed E-state index contributed by atoms with van der Waals surface area (Å²) in [4.78, 5) is 44.3. The number of benzene rings is 1. The Hall–Kier alpha value is -2.12. The molecular weight excluding hydrogens is 380 g/mol. The van der Waals surface area contributed by atoms with Crippen LogP contribution in [0.5, 0.6) is 0 Å². The molecule has 3 amide bonds. The minimum atomic E-state index is -0.0176. The van der Waals surface area contributed by atoms with Gasteiger partial charge in [-0.2, -0.15) is 0 Å². The van der Waals surface area contributed by atoms with Gasteiger partial charge in [-0.3, -0.25) is 19.3 Å². The van der Waals surface area contributed by atoms with Crippen LogP contribution in [0.25, 0.3) is 0 Å². The van der Waals surface area contributed by atoms with Gasteiger partial charge in [0, 0.05) is 69.9 Å². The van der Waals surface area contributed by atoms with Gasteiger partial charge in [-0.1, -0.05) is 17.7 Å². The smallest absolute Gasteiger partial charge is 0.253 e. The number of hydrogen-bond acceptors (Lipinski definition) is 4. The molecule has 1 aromatic carbocycles. The predicted molar refractivity (Wildman–Crippen MR) is 107 cm³/mol. The zero-order valence-electron chi connectivity index (χ0n) is 16.3. The van der Waals surface area contributed by atoms with Crippen LogP contribution in [0.1, 0.15) is 23.7 Å². The van der Waals surface area contributed by atoms with E-state index in [1.54, 1.807) is 36.1 Å².